The molecule has 0 aliphatic heterocycles. The van der Waals surface area contributed by atoms with E-state index in [2.05, 4.69) is 21.4 Å². The molecule has 0 aliphatic carbocycles. The van der Waals surface area contributed by atoms with E-state index in [1.165, 1.54) is 24.2 Å². The van der Waals surface area contributed by atoms with Gasteiger partial charge in [-0.2, -0.15) is 5.10 Å². The van der Waals surface area contributed by atoms with Crippen molar-refractivity contribution in [2.45, 2.75) is 13.0 Å². The lowest BCUT2D eigenvalue weighted by molar-refractivity contribution is 0.0600. The van der Waals surface area contributed by atoms with Crippen molar-refractivity contribution in [2.75, 3.05) is 7.11 Å². The fourth-order valence-electron chi connectivity index (χ4n) is 1.84. The first kappa shape index (κ1) is 14.6. The van der Waals surface area contributed by atoms with Crippen LogP contribution in [0.15, 0.2) is 48.1 Å². The molecule has 0 fully saturated rings. The smallest absolute Gasteiger partial charge is 0.339 e. The van der Waals surface area contributed by atoms with Crippen LogP contribution in [0.1, 0.15) is 16.8 Å². The molecule has 0 aromatic carbocycles. The first-order valence-corrected chi connectivity index (χ1v) is 6.39. The highest BCUT2D eigenvalue weighted by Crippen LogP contribution is 2.09. The number of nitrogens with zero attached hydrogens (tertiary/aromatic N) is 3. The summed E-state index contributed by atoms with van der Waals surface area (Å²) in [7, 11) is 1.29. The molecule has 21 heavy (non-hydrogen) atoms. The number of carbonyl (C=O) groups excluding carboxylic acids is 1. The molecule has 0 saturated carbocycles. The second-order valence-electron chi connectivity index (χ2n) is 4.28. The Morgan fingerprint density at radius 1 is 1.48 bits per heavy atom. The van der Waals surface area contributed by atoms with Gasteiger partial charge in [-0.05, 0) is 12.5 Å². The van der Waals surface area contributed by atoms with Crippen LogP contribution in [0.3, 0.4) is 0 Å². The molecule has 0 radical (unpaired) electrons. The van der Waals surface area contributed by atoms with Crippen molar-refractivity contribution in [3.8, 4) is 0 Å². The number of pyridine rings is 1. The topological polar surface area (TPSA) is 74.1 Å². The number of fused-ring (bicyclic) bond motifs is 1. The Hall–Kier alpha value is -2.76. The first-order valence-electron chi connectivity index (χ1n) is 6.39. The fourth-order valence-corrected chi connectivity index (χ4v) is 1.84. The molecule has 2 rings (SSSR count). The summed E-state index contributed by atoms with van der Waals surface area (Å²) in [5.74, 6) is -0.497. The Labute approximate surface area is 121 Å². The number of hydrogen-bond acceptors (Lipinski definition) is 5. The molecule has 6 nitrogen and oxygen atoms in total. The van der Waals surface area contributed by atoms with Gasteiger partial charge in [0.25, 0.3) is 5.56 Å². The van der Waals surface area contributed by atoms with Crippen molar-refractivity contribution < 1.29 is 9.53 Å². The minimum atomic E-state index is -0.497. The van der Waals surface area contributed by atoms with Crippen LogP contribution >= 0.6 is 0 Å². The third kappa shape index (κ3) is 3.22. The van der Waals surface area contributed by atoms with Gasteiger partial charge in [-0.15, -0.1) is 0 Å². The predicted octanol–water partition coefficient (Wildman–Crippen LogP) is 1.71. The van der Waals surface area contributed by atoms with Crippen molar-refractivity contribution in [3.05, 3.63) is 59.2 Å². The lowest BCUT2D eigenvalue weighted by atomic mass is 10.2. The molecule has 2 heterocycles. The van der Waals surface area contributed by atoms with Crippen LogP contribution in [-0.4, -0.2) is 27.8 Å². The number of hydrogen-bond donors (Lipinski definition) is 0. The molecule has 2 aromatic heterocycles. The molecule has 0 unspecified atom stereocenters. The summed E-state index contributed by atoms with van der Waals surface area (Å²) in [5.41, 5.74) is 0.291. The zero-order chi connectivity index (χ0) is 15.2. The van der Waals surface area contributed by atoms with E-state index in [0.29, 0.717) is 18.4 Å². The van der Waals surface area contributed by atoms with E-state index in [0.717, 1.165) is 0 Å². The van der Waals surface area contributed by atoms with Crippen LogP contribution in [0, 0.1) is 0 Å². The molecule has 0 spiro atoms. The number of carbonyl (C=O) groups is 1. The Morgan fingerprint density at radius 2 is 2.29 bits per heavy atom. The highest BCUT2D eigenvalue weighted by molar-refractivity contribution is 5.93. The third-order valence-electron chi connectivity index (χ3n) is 2.89. The molecule has 0 saturated heterocycles. The molecule has 108 valence electrons. The summed E-state index contributed by atoms with van der Waals surface area (Å²) in [6.07, 6.45) is 8.91. The van der Waals surface area contributed by atoms with Gasteiger partial charge in [-0.3, -0.25) is 4.79 Å². The zero-order valence-electron chi connectivity index (χ0n) is 11.7. The van der Waals surface area contributed by atoms with Gasteiger partial charge >= 0.3 is 5.97 Å². The van der Waals surface area contributed by atoms with Gasteiger partial charge in [0.15, 0.2) is 0 Å². The standard InChI is InChI=1S/C15H15N3O3/c1-3-4-5-6-7-18-14(19)13-11(10-17-18)8-12(9-16-13)15(20)21-2/h3-5,8-10H,1,6-7H2,2H3/b5-4+. The van der Waals surface area contributed by atoms with E-state index < -0.39 is 5.97 Å². The second-order valence-corrected chi connectivity index (χ2v) is 4.28. The number of esters is 1. The molecule has 0 N–H and O–H groups in total. The van der Waals surface area contributed by atoms with Crippen LogP contribution in [0.25, 0.3) is 10.9 Å². The van der Waals surface area contributed by atoms with E-state index in [4.69, 9.17) is 0 Å². The largest absolute Gasteiger partial charge is 0.465 e. The zero-order valence-corrected chi connectivity index (χ0v) is 11.7. The van der Waals surface area contributed by atoms with Crippen LogP contribution in [0.4, 0.5) is 0 Å². The van der Waals surface area contributed by atoms with E-state index in [-0.39, 0.29) is 16.6 Å². The Morgan fingerprint density at radius 3 is 3.00 bits per heavy atom. The van der Waals surface area contributed by atoms with Crippen LogP contribution < -0.4 is 5.56 Å². The van der Waals surface area contributed by atoms with Gasteiger partial charge in [-0.1, -0.05) is 24.8 Å². The predicted molar refractivity (Wildman–Crippen MR) is 79.1 cm³/mol. The second kappa shape index (κ2) is 6.60. The van der Waals surface area contributed by atoms with Gasteiger partial charge in [0.2, 0.25) is 0 Å². The molecule has 2 aromatic rings. The molecular formula is C15H15N3O3. The summed E-state index contributed by atoms with van der Waals surface area (Å²) in [6, 6.07) is 1.55. The Bertz CT molecular complexity index is 762. The van der Waals surface area contributed by atoms with Crippen molar-refractivity contribution in [1.29, 1.82) is 0 Å². The van der Waals surface area contributed by atoms with Crippen LogP contribution in [-0.2, 0) is 11.3 Å². The normalized spacial score (nSPS) is 10.9. The summed E-state index contributed by atoms with van der Waals surface area (Å²) in [6.45, 7) is 4.03. The summed E-state index contributed by atoms with van der Waals surface area (Å²) < 4.78 is 5.96. The number of rotatable bonds is 5. The Balaban J connectivity index is 2.34. The highest BCUT2D eigenvalue weighted by Gasteiger charge is 2.10. The highest BCUT2D eigenvalue weighted by atomic mass is 16.5. The number of allylic oxidation sites excluding steroid dienone is 3. The first-order chi connectivity index (χ1) is 10.2. The maximum absolute atomic E-state index is 12.2. The molecule has 6 heteroatoms. The molecule has 0 amide bonds. The van der Waals surface area contributed by atoms with Crippen LogP contribution in [0.5, 0.6) is 0 Å². The quantitative estimate of drug-likeness (QED) is 0.617. The van der Waals surface area contributed by atoms with Crippen LogP contribution in [0.2, 0.25) is 0 Å². The van der Waals surface area contributed by atoms with Crippen molar-refractivity contribution >= 4 is 16.9 Å². The molecule has 0 aliphatic rings. The summed E-state index contributed by atoms with van der Waals surface area (Å²) >= 11 is 0. The number of aryl methyl sites for hydroxylation is 1. The van der Waals surface area contributed by atoms with Crippen molar-refractivity contribution in [3.63, 3.8) is 0 Å². The van der Waals surface area contributed by atoms with Gasteiger partial charge in [0, 0.05) is 18.1 Å². The van der Waals surface area contributed by atoms with E-state index in [1.807, 2.05) is 12.2 Å². The minimum Gasteiger partial charge on any atom is -0.465 e. The molecule has 0 bridgehead atoms. The van der Waals surface area contributed by atoms with Crippen molar-refractivity contribution in [1.82, 2.24) is 14.8 Å². The lowest BCUT2D eigenvalue weighted by Gasteiger charge is -2.05. The molecular weight excluding hydrogens is 270 g/mol. The fraction of sp³-hybridized carbons (Fsp3) is 0.200. The van der Waals surface area contributed by atoms with E-state index in [1.54, 1.807) is 12.1 Å². The maximum atomic E-state index is 12.2. The van der Waals surface area contributed by atoms with Gasteiger partial charge in [0.05, 0.1) is 18.9 Å². The number of aromatic nitrogens is 3. The Kier molecular flexibility index (Phi) is 4.61. The minimum absolute atomic E-state index is 0.282. The van der Waals surface area contributed by atoms with E-state index >= 15 is 0 Å². The van der Waals surface area contributed by atoms with Gasteiger partial charge < -0.3 is 4.74 Å². The molecule has 0 atom stereocenters. The lowest BCUT2D eigenvalue weighted by Crippen LogP contribution is -2.23. The third-order valence-corrected chi connectivity index (χ3v) is 2.89. The van der Waals surface area contributed by atoms with E-state index in [9.17, 15) is 9.59 Å². The van der Waals surface area contributed by atoms with Gasteiger partial charge in [-0.25, -0.2) is 14.5 Å². The van der Waals surface area contributed by atoms with Crippen molar-refractivity contribution in [2.24, 2.45) is 0 Å². The summed E-state index contributed by atoms with van der Waals surface area (Å²) in [4.78, 5) is 27.7. The maximum Gasteiger partial charge on any atom is 0.339 e. The summed E-state index contributed by atoms with van der Waals surface area (Å²) in [5, 5.41) is 4.60. The monoisotopic (exact) mass is 285 g/mol. The SMILES string of the molecule is C=C/C=C/CCn1ncc2cc(C(=O)OC)cnc2c1=O. The number of methoxy groups -OCH3 is 1. The average molecular weight is 285 g/mol. The number of ether oxygens (including phenoxy) is 1. The average Bonchev–Trinajstić information content (AvgIpc) is 2.52. The van der Waals surface area contributed by atoms with Gasteiger partial charge in [0.1, 0.15) is 5.52 Å².